The second-order valence-corrected chi connectivity index (χ2v) is 5.50. The molecule has 0 N–H and O–H groups in total. The van der Waals surface area contributed by atoms with E-state index in [1.54, 1.807) is 0 Å². The second-order valence-electron chi connectivity index (χ2n) is 5.50. The zero-order valence-electron chi connectivity index (χ0n) is 11.2. The molecule has 1 atom stereocenters. The minimum Gasteiger partial charge on any atom is -0.485 e. The van der Waals surface area contributed by atoms with Gasteiger partial charge < -0.3 is 4.74 Å². The summed E-state index contributed by atoms with van der Waals surface area (Å²) in [4.78, 5) is 0. The molecule has 0 saturated carbocycles. The van der Waals surface area contributed by atoms with Crippen LogP contribution in [0.5, 0.6) is 5.75 Å². The number of ether oxygens (including phenoxy) is 1. The molecule has 1 radical (unpaired) electrons. The summed E-state index contributed by atoms with van der Waals surface area (Å²) in [5.41, 5.74) is 1.23. The Balaban J connectivity index is 2.28. The van der Waals surface area contributed by atoms with E-state index >= 15 is 0 Å². The van der Waals surface area contributed by atoms with Gasteiger partial charge >= 0.3 is 0 Å². The monoisotopic (exact) mass is 239 g/mol. The predicted octanol–water partition coefficient (Wildman–Crippen LogP) is 4.65. The van der Waals surface area contributed by atoms with Gasteiger partial charge in [-0.15, -0.1) is 0 Å². The Labute approximate surface area is 109 Å². The predicted molar refractivity (Wildman–Crippen MR) is 74.5 cm³/mol. The van der Waals surface area contributed by atoms with E-state index in [1.807, 2.05) is 42.5 Å². The van der Waals surface area contributed by atoms with E-state index in [4.69, 9.17) is 4.74 Å². The van der Waals surface area contributed by atoms with Gasteiger partial charge in [0.15, 0.2) is 0 Å². The fourth-order valence-electron chi connectivity index (χ4n) is 1.95. The Morgan fingerprint density at radius 2 is 1.61 bits per heavy atom. The number of benzene rings is 2. The van der Waals surface area contributed by atoms with E-state index in [-0.39, 0.29) is 11.5 Å². The molecule has 2 aromatic carbocycles. The molecule has 0 heterocycles. The number of hydrogen-bond donors (Lipinski definition) is 0. The van der Waals surface area contributed by atoms with Crippen molar-refractivity contribution in [1.82, 2.24) is 0 Å². The van der Waals surface area contributed by atoms with Gasteiger partial charge in [-0.2, -0.15) is 0 Å². The van der Waals surface area contributed by atoms with Crippen molar-refractivity contribution in [3.63, 3.8) is 0 Å². The van der Waals surface area contributed by atoms with Crippen LogP contribution in [0.1, 0.15) is 32.4 Å². The van der Waals surface area contributed by atoms with E-state index in [0.717, 1.165) is 5.75 Å². The molecule has 2 aromatic rings. The van der Waals surface area contributed by atoms with Crippen LogP contribution in [0.4, 0.5) is 0 Å². The van der Waals surface area contributed by atoms with Crippen molar-refractivity contribution in [1.29, 1.82) is 0 Å². The summed E-state index contributed by atoms with van der Waals surface area (Å²) >= 11 is 0. The molecule has 0 bridgehead atoms. The van der Waals surface area contributed by atoms with Gasteiger partial charge in [0, 0.05) is 11.5 Å². The third-order valence-electron chi connectivity index (χ3n) is 2.81. The SMILES string of the molecule is CC(C)(C)C(Oc1[c]cccc1)c1ccccc1. The van der Waals surface area contributed by atoms with Crippen molar-refractivity contribution in [2.24, 2.45) is 5.41 Å². The first-order valence-electron chi connectivity index (χ1n) is 6.26. The fourth-order valence-corrected chi connectivity index (χ4v) is 1.95. The summed E-state index contributed by atoms with van der Waals surface area (Å²) in [6.07, 6.45) is 0.0253. The highest BCUT2D eigenvalue weighted by atomic mass is 16.5. The Hall–Kier alpha value is -1.76. The molecular formula is C17H19O. The lowest BCUT2D eigenvalue weighted by Gasteiger charge is -2.31. The molecule has 0 spiro atoms. The average Bonchev–Trinajstić information content (AvgIpc) is 2.37. The summed E-state index contributed by atoms with van der Waals surface area (Å²) in [6, 6.07) is 21.2. The van der Waals surface area contributed by atoms with Crippen molar-refractivity contribution >= 4 is 0 Å². The molecule has 93 valence electrons. The van der Waals surface area contributed by atoms with Crippen molar-refractivity contribution < 1.29 is 4.74 Å². The highest BCUT2D eigenvalue weighted by Crippen LogP contribution is 2.36. The Bertz CT molecular complexity index is 468. The molecule has 0 aliphatic rings. The van der Waals surface area contributed by atoms with Crippen LogP contribution in [0.15, 0.2) is 54.6 Å². The second kappa shape index (κ2) is 5.26. The minimum atomic E-state index is 0.0253. The minimum absolute atomic E-state index is 0.0253. The number of hydrogen-bond acceptors (Lipinski definition) is 1. The lowest BCUT2D eigenvalue weighted by atomic mass is 9.84. The molecule has 0 aliphatic heterocycles. The molecule has 0 aliphatic carbocycles. The normalized spacial score (nSPS) is 13.1. The van der Waals surface area contributed by atoms with E-state index in [1.165, 1.54) is 5.56 Å². The highest BCUT2D eigenvalue weighted by molar-refractivity contribution is 5.24. The largest absolute Gasteiger partial charge is 0.485 e. The molecule has 0 aromatic heterocycles. The van der Waals surface area contributed by atoms with E-state index in [0.29, 0.717) is 0 Å². The van der Waals surface area contributed by atoms with Crippen molar-refractivity contribution in [2.45, 2.75) is 26.9 Å². The third kappa shape index (κ3) is 3.13. The molecular weight excluding hydrogens is 220 g/mol. The van der Waals surface area contributed by atoms with Gasteiger partial charge in [-0.1, -0.05) is 69.3 Å². The maximum Gasteiger partial charge on any atom is 0.129 e. The average molecular weight is 239 g/mol. The van der Waals surface area contributed by atoms with Crippen LogP contribution in [0, 0.1) is 11.5 Å². The molecule has 0 fully saturated rings. The van der Waals surface area contributed by atoms with Crippen LogP contribution in [0.2, 0.25) is 0 Å². The fraction of sp³-hybridized carbons (Fsp3) is 0.294. The number of rotatable bonds is 3. The van der Waals surface area contributed by atoms with E-state index in [9.17, 15) is 0 Å². The molecule has 1 nitrogen and oxygen atoms in total. The Kier molecular flexibility index (Phi) is 3.71. The smallest absolute Gasteiger partial charge is 0.129 e. The summed E-state index contributed by atoms with van der Waals surface area (Å²) in [5.74, 6) is 0.793. The van der Waals surface area contributed by atoms with Gasteiger partial charge in [0.1, 0.15) is 11.9 Å². The molecule has 1 heteroatoms. The van der Waals surface area contributed by atoms with Crippen LogP contribution in [-0.2, 0) is 0 Å². The first-order valence-corrected chi connectivity index (χ1v) is 6.26. The van der Waals surface area contributed by atoms with Crippen LogP contribution in [0.25, 0.3) is 0 Å². The van der Waals surface area contributed by atoms with Crippen molar-refractivity contribution in [3.8, 4) is 5.75 Å². The summed E-state index contributed by atoms with van der Waals surface area (Å²) in [6.45, 7) is 6.56. The van der Waals surface area contributed by atoms with Gasteiger partial charge in [0.2, 0.25) is 0 Å². The van der Waals surface area contributed by atoms with Gasteiger partial charge in [0.25, 0.3) is 0 Å². The van der Waals surface area contributed by atoms with Gasteiger partial charge in [-0.3, -0.25) is 0 Å². The first-order chi connectivity index (χ1) is 8.57. The van der Waals surface area contributed by atoms with E-state index < -0.39 is 0 Å². The van der Waals surface area contributed by atoms with E-state index in [2.05, 4.69) is 39.0 Å². The van der Waals surface area contributed by atoms with Crippen LogP contribution in [0.3, 0.4) is 0 Å². The van der Waals surface area contributed by atoms with Crippen molar-refractivity contribution in [3.05, 3.63) is 66.2 Å². The standard InChI is InChI=1S/C17H19O/c1-17(2,3)16(14-10-6-4-7-11-14)18-15-12-8-5-9-13-15/h4-12,16H,1-3H3. The zero-order valence-corrected chi connectivity index (χ0v) is 11.2. The lowest BCUT2D eigenvalue weighted by molar-refractivity contribution is 0.0866. The van der Waals surface area contributed by atoms with Gasteiger partial charge in [-0.05, 0) is 11.6 Å². The topological polar surface area (TPSA) is 9.23 Å². The van der Waals surface area contributed by atoms with Crippen LogP contribution < -0.4 is 4.74 Å². The summed E-state index contributed by atoms with van der Waals surface area (Å²) < 4.78 is 6.11. The Morgan fingerprint density at radius 1 is 0.944 bits per heavy atom. The van der Waals surface area contributed by atoms with Crippen LogP contribution >= 0.6 is 0 Å². The molecule has 0 amide bonds. The van der Waals surface area contributed by atoms with Gasteiger partial charge in [-0.25, -0.2) is 0 Å². The Morgan fingerprint density at radius 3 is 2.17 bits per heavy atom. The molecule has 2 rings (SSSR count). The van der Waals surface area contributed by atoms with Crippen LogP contribution in [-0.4, -0.2) is 0 Å². The highest BCUT2D eigenvalue weighted by Gasteiger charge is 2.28. The van der Waals surface area contributed by atoms with Crippen molar-refractivity contribution in [2.75, 3.05) is 0 Å². The number of para-hydroxylation sites is 1. The maximum absolute atomic E-state index is 6.11. The summed E-state index contributed by atoms with van der Waals surface area (Å²) in [7, 11) is 0. The quantitative estimate of drug-likeness (QED) is 0.757. The lowest BCUT2D eigenvalue weighted by Crippen LogP contribution is -2.23. The van der Waals surface area contributed by atoms with Gasteiger partial charge in [0.05, 0.1) is 0 Å². The molecule has 18 heavy (non-hydrogen) atoms. The molecule has 0 saturated heterocycles. The zero-order chi connectivity index (χ0) is 13.0. The third-order valence-corrected chi connectivity index (χ3v) is 2.81. The summed E-state index contributed by atoms with van der Waals surface area (Å²) in [5, 5.41) is 0. The molecule has 1 unspecified atom stereocenters. The maximum atomic E-state index is 6.11. The first kappa shape index (κ1) is 12.7.